The third-order valence-electron chi connectivity index (χ3n) is 3.50. The molecule has 120 valence electrons. The molecule has 0 bridgehead atoms. The van der Waals surface area contributed by atoms with Gasteiger partial charge in [-0.25, -0.2) is 15.0 Å². The Morgan fingerprint density at radius 3 is 2.77 bits per heavy atom. The maximum atomic E-state index is 10.1. The van der Waals surface area contributed by atoms with Crippen LogP contribution in [0.4, 0.5) is 5.82 Å². The first-order valence-electron chi connectivity index (χ1n) is 7.29. The third kappa shape index (κ3) is 2.84. The highest BCUT2D eigenvalue weighted by molar-refractivity contribution is 6.79. The summed E-state index contributed by atoms with van der Waals surface area (Å²) < 4.78 is 7.37. The molecule has 0 aromatic carbocycles. The number of aromatic nitrogens is 4. The highest BCUT2D eigenvalue weighted by Gasteiger charge is 2.36. The number of imidazole rings is 1. The maximum Gasteiger partial charge on any atom is 0.167 e. The maximum absolute atomic E-state index is 10.1. The van der Waals surface area contributed by atoms with Gasteiger partial charge >= 0.3 is 0 Å². The molecule has 1 saturated heterocycles. The van der Waals surface area contributed by atoms with Gasteiger partial charge in [-0.2, -0.15) is 0 Å². The van der Waals surface area contributed by atoms with Gasteiger partial charge in [0, 0.05) is 6.42 Å². The molecular formula is C13H21N5O3Si. The number of hydrogen-bond acceptors (Lipinski definition) is 7. The van der Waals surface area contributed by atoms with Crippen molar-refractivity contribution in [3.63, 3.8) is 0 Å². The Hall–Kier alpha value is -1.55. The summed E-state index contributed by atoms with van der Waals surface area (Å²) in [6, 6.07) is 0. The Kier molecular flexibility index (Phi) is 3.89. The molecule has 3 rings (SSSR count). The van der Waals surface area contributed by atoms with Gasteiger partial charge in [0.25, 0.3) is 0 Å². The second-order valence-electron chi connectivity index (χ2n) is 6.56. The Morgan fingerprint density at radius 1 is 1.36 bits per heavy atom. The van der Waals surface area contributed by atoms with E-state index in [4.69, 9.17) is 4.74 Å². The van der Waals surface area contributed by atoms with Gasteiger partial charge in [0.05, 0.1) is 19.0 Å². The van der Waals surface area contributed by atoms with Crippen LogP contribution in [0.3, 0.4) is 0 Å². The van der Waals surface area contributed by atoms with Gasteiger partial charge in [-0.3, -0.25) is 4.57 Å². The van der Waals surface area contributed by atoms with Crippen LogP contribution in [-0.4, -0.2) is 56.8 Å². The molecule has 3 atom stereocenters. The van der Waals surface area contributed by atoms with Crippen LogP contribution < -0.4 is 4.98 Å². The van der Waals surface area contributed by atoms with Crippen molar-refractivity contribution in [1.82, 2.24) is 19.5 Å². The number of nitrogens with one attached hydrogen (secondary N) is 1. The van der Waals surface area contributed by atoms with Gasteiger partial charge in [-0.05, 0) is 0 Å². The molecule has 0 aliphatic carbocycles. The summed E-state index contributed by atoms with van der Waals surface area (Å²) in [4.78, 5) is 16.4. The number of anilines is 1. The lowest BCUT2D eigenvalue weighted by molar-refractivity contribution is -0.0486. The summed E-state index contributed by atoms with van der Waals surface area (Å²) in [5, 5.41) is 19.3. The lowest BCUT2D eigenvalue weighted by atomic mass is 10.2. The molecule has 0 spiro atoms. The molecule has 2 aromatic heterocycles. The predicted molar refractivity (Wildman–Crippen MR) is 83.9 cm³/mol. The fourth-order valence-electron chi connectivity index (χ4n) is 2.58. The molecule has 9 heteroatoms. The average molecular weight is 323 g/mol. The number of nitrogens with zero attached hydrogens (tertiary/aromatic N) is 4. The fourth-order valence-corrected chi connectivity index (χ4v) is 3.48. The van der Waals surface area contributed by atoms with Crippen LogP contribution in [0.5, 0.6) is 0 Å². The molecule has 3 heterocycles. The Bertz CT molecular complexity index is 671. The number of ether oxygens (including phenoxy) is 1. The quantitative estimate of drug-likeness (QED) is 0.712. The molecule has 0 radical (unpaired) electrons. The molecule has 1 aliphatic rings. The highest BCUT2D eigenvalue weighted by Crippen LogP contribution is 2.31. The second-order valence-corrected chi connectivity index (χ2v) is 11.3. The number of fused-ring (bicyclic) bond motifs is 1. The van der Waals surface area contributed by atoms with Crippen molar-refractivity contribution in [2.45, 2.75) is 44.5 Å². The monoisotopic (exact) mass is 323 g/mol. The molecule has 3 N–H and O–H groups in total. The zero-order chi connectivity index (χ0) is 15.9. The lowest BCUT2D eigenvalue weighted by Gasteiger charge is -2.19. The second kappa shape index (κ2) is 5.58. The Morgan fingerprint density at radius 2 is 2.14 bits per heavy atom. The molecule has 1 aliphatic heterocycles. The van der Waals surface area contributed by atoms with Crippen molar-refractivity contribution in [2.75, 3.05) is 11.6 Å². The zero-order valence-electron chi connectivity index (χ0n) is 12.9. The zero-order valence-corrected chi connectivity index (χ0v) is 13.9. The standard InChI is InChI=1S/C13H21N5O3Si/c1-22(2,3)17-11-10-12(15-6-14-11)18(7-16-10)13-9(20)4-8(5-19)21-13/h6-9,13,19-20H,4-5H2,1-3H3,(H,14,15,17)/t8-,9-,13+/m0/s1. The van der Waals surface area contributed by atoms with Crippen LogP contribution in [0.1, 0.15) is 12.6 Å². The van der Waals surface area contributed by atoms with E-state index in [1.807, 2.05) is 0 Å². The number of aliphatic hydroxyl groups excluding tert-OH is 2. The predicted octanol–water partition coefficient (Wildman–Crippen LogP) is 0.714. The average Bonchev–Trinajstić information content (AvgIpc) is 3.01. The van der Waals surface area contributed by atoms with Crippen LogP contribution in [0.25, 0.3) is 11.2 Å². The summed E-state index contributed by atoms with van der Waals surface area (Å²) >= 11 is 0. The Labute approximate surface area is 129 Å². The first-order valence-corrected chi connectivity index (χ1v) is 10.8. The largest absolute Gasteiger partial charge is 0.394 e. The molecule has 0 amide bonds. The fraction of sp³-hybridized carbons (Fsp3) is 0.615. The van der Waals surface area contributed by atoms with Gasteiger partial charge < -0.3 is 19.9 Å². The summed E-state index contributed by atoms with van der Waals surface area (Å²) in [6.07, 6.45) is 1.83. The molecule has 8 nitrogen and oxygen atoms in total. The van der Waals surface area contributed by atoms with Crippen LogP contribution in [-0.2, 0) is 4.74 Å². The van der Waals surface area contributed by atoms with Gasteiger partial charge in [-0.15, -0.1) is 0 Å². The van der Waals surface area contributed by atoms with Gasteiger partial charge in [-0.1, -0.05) is 19.6 Å². The smallest absolute Gasteiger partial charge is 0.167 e. The van der Waals surface area contributed by atoms with Crippen molar-refractivity contribution in [1.29, 1.82) is 0 Å². The van der Waals surface area contributed by atoms with Crippen molar-refractivity contribution in [3.05, 3.63) is 12.7 Å². The molecule has 1 fully saturated rings. The van der Waals surface area contributed by atoms with E-state index in [0.717, 1.165) is 0 Å². The van der Waals surface area contributed by atoms with Crippen LogP contribution in [0, 0.1) is 0 Å². The SMILES string of the molecule is C[Si](C)(C)Nc1ncnc2c1ncn2[C@@H]1O[C@H](CO)C[C@@H]1O. The van der Waals surface area contributed by atoms with Crippen LogP contribution >= 0.6 is 0 Å². The first-order chi connectivity index (χ1) is 10.4. The van der Waals surface area contributed by atoms with Crippen molar-refractivity contribution >= 4 is 25.2 Å². The van der Waals surface area contributed by atoms with E-state index >= 15 is 0 Å². The van der Waals surface area contributed by atoms with Gasteiger partial charge in [0.15, 0.2) is 11.9 Å². The van der Waals surface area contributed by atoms with Crippen LogP contribution in [0.15, 0.2) is 12.7 Å². The van der Waals surface area contributed by atoms with Crippen molar-refractivity contribution in [2.24, 2.45) is 0 Å². The van der Waals surface area contributed by atoms with E-state index in [1.54, 1.807) is 10.9 Å². The topological polar surface area (TPSA) is 105 Å². The van der Waals surface area contributed by atoms with Crippen LogP contribution in [0.2, 0.25) is 19.6 Å². The van der Waals surface area contributed by atoms with Gasteiger partial charge in [0.1, 0.15) is 32.0 Å². The van der Waals surface area contributed by atoms with E-state index in [0.29, 0.717) is 23.4 Å². The molecular weight excluding hydrogens is 302 g/mol. The van der Waals surface area contributed by atoms with E-state index in [1.165, 1.54) is 6.33 Å². The summed E-state index contributed by atoms with van der Waals surface area (Å²) in [7, 11) is -1.57. The van der Waals surface area contributed by atoms with E-state index in [9.17, 15) is 10.2 Å². The van der Waals surface area contributed by atoms with Crippen molar-refractivity contribution in [3.8, 4) is 0 Å². The highest BCUT2D eigenvalue weighted by atomic mass is 28.3. The summed E-state index contributed by atoms with van der Waals surface area (Å²) in [6.45, 7) is 6.41. The summed E-state index contributed by atoms with van der Waals surface area (Å²) in [5.74, 6) is 0.703. The molecule has 0 saturated carbocycles. The minimum absolute atomic E-state index is 0.113. The minimum atomic E-state index is -1.57. The molecule has 2 aromatic rings. The third-order valence-corrected chi connectivity index (χ3v) is 4.48. The Balaban J connectivity index is 1.98. The molecule has 22 heavy (non-hydrogen) atoms. The number of aliphatic hydroxyl groups is 2. The normalized spacial score (nSPS) is 25.8. The molecule has 0 unspecified atom stereocenters. The number of hydrogen-bond donors (Lipinski definition) is 3. The van der Waals surface area contributed by atoms with E-state index in [-0.39, 0.29) is 12.7 Å². The lowest BCUT2D eigenvalue weighted by Crippen LogP contribution is -2.32. The van der Waals surface area contributed by atoms with E-state index in [2.05, 4.69) is 39.6 Å². The summed E-state index contributed by atoms with van der Waals surface area (Å²) in [5.41, 5.74) is 1.27. The van der Waals surface area contributed by atoms with Gasteiger partial charge in [0.2, 0.25) is 0 Å². The van der Waals surface area contributed by atoms with E-state index < -0.39 is 20.6 Å². The number of rotatable bonds is 4. The minimum Gasteiger partial charge on any atom is -0.394 e. The first kappa shape index (κ1) is 15.3. The van der Waals surface area contributed by atoms with Crippen molar-refractivity contribution < 1.29 is 14.9 Å².